The molecule has 4 N–H and O–H groups in total. The molecular weight excluding hydrogens is 575 g/mol. The van der Waals surface area contributed by atoms with Crippen LogP contribution in [0.5, 0.6) is 0 Å². The number of nitrogens with one attached hydrogen (secondary N) is 2. The van der Waals surface area contributed by atoms with Crippen LogP contribution in [0.1, 0.15) is 47.6 Å². The first-order valence-electron chi connectivity index (χ1n) is 12.2. The maximum Gasteiger partial charge on any atom is 0.325 e. The molecule has 0 atom stereocenters. The average Bonchev–Trinajstić information content (AvgIpc) is 3.47. The van der Waals surface area contributed by atoms with E-state index in [2.05, 4.69) is 20.7 Å². The van der Waals surface area contributed by atoms with Crippen molar-refractivity contribution >= 4 is 63.6 Å². The number of esters is 1. The summed E-state index contributed by atoms with van der Waals surface area (Å²) in [6.45, 7) is 5.45. The van der Waals surface area contributed by atoms with Crippen molar-refractivity contribution in [3.63, 3.8) is 0 Å². The first kappa shape index (κ1) is 29.1. The molecule has 0 radical (unpaired) electrons. The number of anilines is 2. The van der Waals surface area contributed by atoms with Gasteiger partial charge in [0.1, 0.15) is 28.6 Å². The third-order valence-electron chi connectivity index (χ3n) is 5.37. The summed E-state index contributed by atoms with van der Waals surface area (Å²) in [5.41, 5.74) is 6.86. The predicted octanol–water partition coefficient (Wildman–Crippen LogP) is 4.73. The third kappa shape index (κ3) is 7.18. The van der Waals surface area contributed by atoms with Gasteiger partial charge in [-0.2, -0.15) is 10.4 Å². The van der Waals surface area contributed by atoms with Crippen LogP contribution in [0.4, 0.5) is 11.6 Å². The van der Waals surface area contributed by atoms with Crippen LogP contribution in [0.2, 0.25) is 10.0 Å². The van der Waals surface area contributed by atoms with Crippen molar-refractivity contribution in [1.29, 1.82) is 5.26 Å². The molecule has 0 aliphatic carbocycles. The van der Waals surface area contributed by atoms with Gasteiger partial charge in [0.15, 0.2) is 17.3 Å². The zero-order chi connectivity index (χ0) is 29.0. The minimum Gasteiger partial charge on any atom is -0.459 e. The van der Waals surface area contributed by atoms with Crippen LogP contribution < -0.4 is 16.4 Å². The summed E-state index contributed by atoms with van der Waals surface area (Å²) in [4.78, 5) is 34.2. The number of nitrogens with zero attached hydrogens (tertiary/aromatic N) is 5. The molecule has 14 heteroatoms. The van der Waals surface area contributed by atoms with Gasteiger partial charge in [0.2, 0.25) is 0 Å². The molecule has 3 aromatic heterocycles. The Morgan fingerprint density at radius 1 is 1.23 bits per heavy atom. The summed E-state index contributed by atoms with van der Waals surface area (Å²) >= 11 is 13.8. The number of rotatable bonds is 9. The number of aromatic nitrogens is 4. The van der Waals surface area contributed by atoms with Crippen molar-refractivity contribution < 1.29 is 14.3 Å². The highest BCUT2D eigenvalue weighted by Gasteiger charge is 2.20. The minimum atomic E-state index is -0.666. The number of nitrogens with two attached hydrogens (primary N) is 1. The van der Waals surface area contributed by atoms with Gasteiger partial charge in [-0.15, -0.1) is 11.3 Å². The van der Waals surface area contributed by atoms with E-state index in [-0.39, 0.29) is 18.1 Å². The average molecular weight is 602 g/mol. The van der Waals surface area contributed by atoms with Gasteiger partial charge in [-0.05, 0) is 45.4 Å². The number of aryl methyl sites for hydroxylation is 1. The number of amides is 1. The lowest BCUT2D eigenvalue weighted by Gasteiger charge is -2.19. The molecule has 0 bridgehead atoms. The van der Waals surface area contributed by atoms with E-state index in [1.165, 1.54) is 15.9 Å². The number of hydrogen-bond donors (Lipinski definition) is 3. The van der Waals surface area contributed by atoms with E-state index in [4.69, 9.17) is 43.9 Å². The van der Waals surface area contributed by atoms with Crippen LogP contribution in [-0.4, -0.2) is 50.1 Å². The van der Waals surface area contributed by atoms with Crippen LogP contribution in [0.3, 0.4) is 0 Å². The summed E-state index contributed by atoms with van der Waals surface area (Å²) in [6, 6.07) is 8.68. The van der Waals surface area contributed by atoms with Crippen molar-refractivity contribution in [1.82, 2.24) is 24.9 Å². The lowest BCUT2D eigenvalue weighted by molar-refractivity contribution is -0.153. The Morgan fingerprint density at radius 2 is 2.00 bits per heavy atom. The fourth-order valence-electron chi connectivity index (χ4n) is 3.69. The van der Waals surface area contributed by atoms with Crippen molar-refractivity contribution in [3.8, 4) is 17.3 Å². The quantitative estimate of drug-likeness (QED) is 0.182. The topological polar surface area (TPSA) is 160 Å². The maximum absolute atomic E-state index is 12.8. The summed E-state index contributed by atoms with van der Waals surface area (Å²) < 4.78 is 6.77. The zero-order valence-electron chi connectivity index (χ0n) is 21.9. The second kappa shape index (κ2) is 12.1. The van der Waals surface area contributed by atoms with Crippen molar-refractivity contribution in [3.05, 3.63) is 56.1 Å². The SMILES string of the molecule is CC(C)(C)OC(=O)CNC(=O)c1cc2c(NCCCc3nc(N)c(C#N)s3)nc(-c3ccc(Cl)cc3Cl)cn2n1. The molecule has 40 heavy (non-hydrogen) atoms. The molecule has 0 spiro atoms. The normalized spacial score (nSPS) is 11.3. The first-order valence-corrected chi connectivity index (χ1v) is 13.8. The van der Waals surface area contributed by atoms with Crippen LogP contribution in [0.15, 0.2) is 30.5 Å². The maximum atomic E-state index is 12.8. The number of nitrogen functional groups attached to an aromatic ring is 1. The van der Waals surface area contributed by atoms with Crippen LogP contribution in [0, 0.1) is 11.3 Å². The van der Waals surface area contributed by atoms with Crippen LogP contribution >= 0.6 is 34.5 Å². The van der Waals surface area contributed by atoms with E-state index in [0.29, 0.717) is 56.9 Å². The second-order valence-electron chi connectivity index (χ2n) is 9.69. The third-order valence-corrected chi connectivity index (χ3v) is 6.95. The van der Waals surface area contributed by atoms with E-state index in [1.54, 1.807) is 51.2 Å². The monoisotopic (exact) mass is 600 g/mol. The Bertz CT molecular complexity index is 1620. The fraction of sp³-hybridized carbons (Fsp3) is 0.308. The second-order valence-corrected chi connectivity index (χ2v) is 11.6. The van der Waals surface area contributed by atoms with Gasteiger partial charge in [-0.1, -0.05) is 23.2 Å². The molecule has 3 heterocycles. The molecule has 0 saturated carbocycles. The van der Waals surface area contributed by atoms with E-state index >= 15 is 0 Å². The molecule has 1 aromatic carbocycles. The Hall–Kier alpha value is -3.92. The Kier molecular flexibility index (Phi) is 8.78. The van der Waals surface area contributed by atoms with Gasteiger partial charge in [-0.3, -0.25) is 9.59 Å². The Labute approximate surface area is 244 Å². The van der Waals surface area contributed by atoms with E-state index in [0.717, 1.165) is 5.01 Å². The standard InChI is InChI=1S/C26H26Cl2N8O3S/c1-26(2,3)39-22(37)12-32-25(38)17-10-19-24(31-8-4-5-21-34-23(30)20(11-29)40-21)33-18(13-36(19)35-17)15-7-6-14(27)9-16(15)28/h6-7,9-10,13H,4-5,8,12,30H2,1-3H3,(H,31,33)(H,32,38). The summed E-state index contributed by atoms with van der Waals surface area (Å²) in [7, 11) is 0. The molecule has 0 aliphatic rings. The van der Waals surface area contributed by atoms with Crippen molar-refractivity contribution in [2.75, 3.05) is 24.1 Å². The van der Waals surface area contributed by atoms with Gasteiger partial charge < -0.3 is 21.1 Å². The number of thiazole rings is 1. The highest BCUT2D eigenvalue weighted by molar-refractivity contribution is 7.12. The Morgan fingerprint density at radius 3 is 2.67 bits per heavy atom. The summed E-state index contributed by atoms with van der Waals surface area (Å²) in [5, 5.41) is 21.0. The first-order chi connectivity index (χ1) is 18.9. The number of carbonyl (C=O) groups is 2. The Balaban J connectivity index is 1.57. The molecular formula is C26H26Cl2N8O3S. The number of ether oxygens (including phenoxy) is 1. The smallest absolute Gasteiger partial charge is 0.325 e. The fourth-order valence-corrected chi connectivity index (χ4v) is 5.02. The van der Waals surface area contributed by atoms with E-state index in [9.17, 15) is 9.59 Å². The summed E-state index contributed by atoms with van der Waals surface area (Å²) in [5.74, 6) is -0.389. The molecule has 4 aromatic rings. The van der Waals surface area contributed by atoms with Gasteiger partial charge in [-0.25, -0.2) is 14.5 Å². The van der Waals surface area contributed by atoms with Gasteiger partial charge in [0.05, 0.1) is 21.9 Å². The van der Waals surface area contributed by atoms with Gasteiger partial charge in [0.25, 0.3) is 5.91 Å². The lowest BCUT2D eigenvalue weighted by Crippen LogP contribution is -2.34. The number of halogens is 2. The molecule has 0 aliphatic heterocycles. The van der Waals surface area contributed by atoms with Crippen molar-refractivity contribution in [2.45, 2.75) is 39.2 Å². The molecule has 1 amide bonds. The largest absolute Gasteiger partial charge is 0.459 e. The zero-order valence-corrected chi connectivity index (χ0v) is 24.2. The molecule has 208 valence electrons. The number of benzene rings is 1. The highest BCUT2D eigenvalue weighted by Crippen LogP contribution is 2.31. The van der Waals surface area contributed by atoms with Gasteiger partial charge in [0, 0.05) is 29.6 Å². The van der Waals surface area contributed by atoms with Crippen LogP contribution in [0.25, 0.3) is 16.8 Å². The molecule has 0 unspecified atom stereocenters. The predicted molar refractivity (Wildman–Crippen MR) is 155 cm³/mol. The van der Waals surface area contributed by atoms with E-state index in [1.807, 2.05) is 6.07 Å². The highest BCUT2D eigenvalue weighted by atomic mass is 35.5. The number of carbonyl (C=O) groups excluding carboxylic acids is 2. The number of hydrogen-bond acceptors (Lipinski definition) is 10. The number of fused-ring (bicyclic) bond motifs is 1. The molecule has 0 fully saturated rings. The number of nitriles is 1. The lowest BCUT2D eigenvalue weighted by atomic mass is 10.1. The van der Waals surface area contributed by atoms with Crippen LogP contribution in [-0.2, 0) is 16.0 Å². The van der Waals surface area contributed by atoms with Crippen molar-refractivity contribution in [2.24, 2.45) is 0 Å². The molecule has 4 rings (SSSR count). The molecule has 0 saturated heterocycles. The summed E-state index contributed by atoms with van der Waals surface area (Å²) in [6.07, 6.45) is 2.94. The minimum absolute atomic E-state index is 0.0926. The molecule has 11 nitrogen and oxygen atoms in total. The van der Waals surface area contributed by atoms with Gasteiger partial charge >= 0.3 is 5.97 Å². The van der Waals surface area contributed by atoms with E-state index < -0.39 is 17.5 Å².